The zero-order valence-corrected chi connectivity index (χ0v) is 11.0. The van der Waals surface area contributed by atoms with Crippen LogP contribution in [-0.2, 0) is 9.59 Å². The minimum absolute atomic E-state index is 0.00875. The zero-order chi connectivity index (χ0) is 13.4. The molecule has 0 spiro atoms. The van der Waals surface area contributed by atoms with Gasteiger partial charge < -0.3 is 5.32 Å². The first kappa shape index (κ1) is 12.4. The molecule has 0 bridgehead atoms. The summed E-state index contributed by atoms with van der Waals surface area (Å²) in [4.78, 5) is 25.5. The van der Waals surface area contributed by atoms with E-state index in [1.54, 1.807) is 0 Å². The molecule has 2 aliphatic rings. The van der Waals surface area contributed by atoms with Gasteiger partial charge in [-0.15, -0.1) is 0 Å². The van der Waals surface area contributed by atoms with Crippen LogP contribution in [0.4, 0.5) is 0 Å². The molecule has 1 saturated heterocycles. The Labute approximate surface area is 112 Å². The molecule has 1 heterocycles. The lowest BCUT2D eigenvalue weighted by atomic mass is 10.1. The molecule has 4 heteroatoms. The molecule has 1 aliphatic carbocycles. The summed E-state index contributed by atoms with van der Waals surface area (Å²) >= 11 is 0. The first-order valence-electron chi connectivity index (χ1n) is 6.86. The Morgan fingerprint density at radius 2 is 1.84 bits per heavy atom. The van der Waals surface area contributed by atoms with Crippen molar-refractivity contribution in [3.63, 3.8) is 0 Å². The number of nitrogens with one attached hydrogen (secondary N) is 1. The Morgan fingerprint density at radius 3 is 2.42 bits per heavy atom. The van der Waals surface area contributed by atoms with Crippen molar-refractivity contribution in [3.8, 4) is 0 Å². The quantitative estimate of drug-likeness (QED) is 0.811. The molecule has 2 amide bonds. The van der Waals surface area contributed by atoms with Gasteiger partial charge in [0.2, 0.25) is 11.8 Å². The minimum atomic E-state index is -0.00875. The van der Waals surface area contributed by atoms with Crippen LogP contribution in [0.5, 0.6) is 0 Å². The van der Waals surface area contributed by atoms with Crippen molar-refractivity contribution in [2.75, 3.05) is 13.1 Å². The highest BCUT2D eigenvalue weighted by molar-refractivity contribution is 6.08. The van der Waals surface area contributed by atoms with E-state index in [2.05, 4.69) is 5.32 Å². The van der Waals surface area contributed by atoms with Crippen LogP contribution in [0.25, 0.3) is 0 Å². The maximum atomic E-state index is 12.0. The fraction of sp³-hybridized carbons (Fsp3) is 0.467. The molecule has 0 aromatic heterocycles. The predicted molar refractivity (Wildman–Crippen MR) is 71.2 cm³/mol. The summed E-state index contributed by atoms with van der Waals surface area (Å²) in [6.45, 7) is 3.28. The summed E-state index contributed by atoms with van der Waals surface area (Å²) in [7, 11) is 0. The molecule has 0 radical (unpaired) electrons. The largest absolute Gasteiger partial charge is 0.309 e. The van der Waals surface area contributed by atoms with Gasteiger partial charge in [0.1, 0.15) is 0 Å². The number of likely N-dealkylation sites (tertiary alicyclic amines) is 1. The molecule has 3 rings (SSSR count). The number of imide groups is 1. The fourth-order valence-electron chi connectivity index (χ4n) is 2.83. The lowest BCUT2D eigenvalue weighted by Gasteiger charge is -2.24. The fourth-order valence-corrected chi connectivity index (χ4v) is 2.83. The summed E-state index contributed by atoms with van der Waals surface area (Å²) < 4.78 is 0. The van der Waals surface area contributed by atoms with Gasteiger partial charge >= 0.3 is 0 Å². The molecule has 4 nitrogen and oxygen atoms in total. The standard InChI is InChI=1S/C15H18N2O2/c1-2-16-13(10-6-4-3-5-7-10)9-17-14(18)11-8-12(11)15(17)19/h3-7,11-13,16H,2,8-9H2,1H3. The van der Waals surface area contributed by atoms with Crippen molar-refractivity contribution >= 4 is 11.8 Å². The predicted octanol–water partition coefficient (Wildman–Crippen LogP) is 1.34. The number of piperidine rings is 1. The van der Waals surface area contributed by atoms with Crippen molar-refractivity contribution in [1.82, 2.24) is 10.2 Å². The zero-order valence-electron chi connectivity index (χ0n) is 11.0. The highest BCUT2D eigenvalue weighted by atomic mass is 16.2. The van der Waals surface area contributed by atoms with Crippen LogP contribution in [-0.4, -0.2) is 29.8 Å². The number of nitrogens with zero attached hydrogens (tertiary/aromatic N) is 1. The third-order valence-corrected chi connectivity index (χ3v) is 3.97. The summed E-state index contributed by atoms with van der Waals surface area (Å²) in [5.74, 6) is 0.0266. The van der Waals surface area contributed by atoms with Crippen LogP contribution >= 0.6 is 0 Å². The van der Waals surface area contributed by atoms with Crippen LogP contribution < -0.4 is 5.32 Å². The molecule has 1 aromatic carbocycles. The maximum absolute atomic E-state index is 12.0. The second-order valence-corrected chi connectivity index (χ2v) is 5.26. The van der Waals surface area contributed by atoms with E-state index in [1.807, 2.05) is 37.3 Å². The smallest absolute Gasteiger partial charge is 0.233 e. The van der Waals surface area contributed by atoms with Gasteiger partial charge in [-0.05, 0) is 18.5 Å². The van der Waals surface area contributed by atoms with Crippen LogP contribution in [0.3, 0.4) is 0 Å². The molecule has 1 saturated carbocycles. The molecule has 19 heavy (non-hydrogen) atoms. The van der Waals surface area contributed by atoms with Gasteiger partial charge in [-0.2, -0.15) is 0 Å². The number of hydrogen-bond donors (Lipinski definition) is 1. The van der Waals surface area contributed by atoms with Crippen molar-refractivity contribution in [2.24, 2.45) is 11.8 Å². The number of benzene rings is 1. The highest BCUT2D eigenvalue weighted by Crippen LogP contribution is 2.47. The van der Waals surface area contributed by atoms with E-state index in [1.165, 1.54) is 4.90 Å². The normalized spacial score (nSPS) is 26.5. The van der Waals surface area contributed by atoms with E-state index in [0.29, 0.717) is 6.54 Å². The summed E-state index contributed by atoms with van der Waals surface area (Å²) in [5, 5.41) is 3.35. The Hall–Kier alpha value is -1.68. The van der Waals surface area contributed by atoms with Gasteiger partial charge in [0.15, 0.2) is 0 Å². The average molecular weight is 258 g/mol. The SMILES string of the molecule is CCNC(CN1C(=O)C2CC2C1=O)c1ccccc1. The van der Waals surface area contributed by atoms with Crippen molar-refractivity contribution < 1.29 is 9.59 Å². The first-order chi connectivity index (χ1) is 9.22. The number of hydrogen-bond acceptors (Lipinski definition) is 3. The van der Waals surface area contributed by atoms with Gasteiger partial charge in [-0.1, -0.05) is 37.3 Å². The molecule has 3 unspecified atom stereocenters. The van der Waals surface area contributed by atoms with E-state index < -0.39 is 0 Å². The van der Waals surface area contributed by atoms with E-state index in [9.17, 15) is 9.59 Å². The Bertz CT molecular complexity index is 480. The first-order valence-corrected chi connectivity index (χ1v) is 6.86. The van der Waals surface area contributed by atoms with E-state index in [4.69, 9.17) is 0 Å². The van der Waals surface area contributed by atoms with E-state index in [-0.39, 0.29) is 29.7 Å². The molecule has 2 fully saturated rings. The van der Waals surface area contributed by atoms with Gasteiger partial charge in [0.05, 0.1) is 17.9 Å². The van der Waals surface area contributed by atoms with Crippen LogP contribution in [0.2, 0.25) is 0 Å². The second kappa shape index (κ2) is 4.78. The van der Waals surface area contributed by atoms with Crippen LogP contribution in [0.1, 0.15) is 24.9 Å². The van der Waals surface area contributed by atoms with Crippen LogP contribution in [0, 0.1) is 11.8 Å². The Morgan fingerprint density at radius 1 is 1.21 bits per heavy atom. The van der Waals surface area contributed by atoms with Gasteiger partial charge in [-0.25, -0.2) is 0 Å². The van der Waals surface area contributed by atoms with Gasteiger partial charge in [0.25, 0.3) is 0 Å². The van der Waals surface area contributed by atoms with Crippen molar-refractivity contribution in [2.45, 2.75) is 19.4 Å². The highest BCUT2D eigenvalue weighted by Gasteiger charge is 2.58. The van der Waals surface area contributed by atoms with Crippen molar-refractivity contribution in [3.05, 3.63) is 35.9 Å². The number of rotatable bonds is 5. The van der Waals surface area contributed by atoms with E-state index in [0.717, 1.165) is 18.5 Å². The topological polar surface area (TPSA) is 49.4 Å². The second-order valence-electron chi connectivity index (χ2n) is 5.26. The maximum Gasteiger partial charge on any atom is 0.233 e. The Kier molecular flexibility index (Phi) is 3.11. The lowest BCUT2D eigenvalue weighted by Crippen LogP contribution is -2.40. The molecule has 1 aromatic rings. The molecule has 3 atom stereocenters. The van der Waals surface area contributed by atoms with E-state index >= 15 is 0 Å². The molecular formula is C15H18N2O2. The third kappa shape index (κ3) is 2.16. The van der Waals surface area contributed by atoms with Gasteiger partial charge in [-0.3, -0.25) is 14.5 Å². The Balaban J connectivity index is 1.75. The summed E-state index contributed by atoms with van der Waals surface area (Å²) in [6, 6.07) is 10.00. The van der Waals surface area contributed by atoms with Crippen molar-refractivity contribution in [1.29, 1.82) is 0 Å². The van der Waals surface area contributed by atoms with Crippen LogP contribution in [0.15, 0.2) is 30.3 Å². The molecule has 100 valence electrons. The number of fused-ring (bicyclic) bond motifs is 1. The minimum Gasteiger partial charge on any atom is -0.309 e. The lowest BCUT2D eigenvalue weighted by molar-refractivity contribution is -0.141. The average Bonchev–Trinajstić information content (AvgIpc) is 3.19. The van der Waals surface area contributed by atoms with Gasteiger partial charge in [0, 0.05) is 6.54 Å². The number of carbonyl (C=O) groups is 2. The molecule has 1 N–H and O–H groups in total. The number of carbonyl (C=O) groups excluding carboxylic acids is 2. The summed E-state index contributed by atoms with van der Waals surface area (Å²) in [6.07, 6.45) is 0.769. The molecule has 1 aliphatic heterocycles. The third-order valence-electron chi connectivity index (χ3n) is 3.97. The summed E-state index contributed by atoms with van der Waals surface area (Å²) in [5.41, 5.74) is 1.12. The number of likely N-dealkylation sites (N-methyl/N-ethyl adjacent to an activating group) is 1. The molecular weight excluding hydrogens is 240 g/mol. The monoisotopic (exact) mass is 258 g/mol. The number of amides is 2.